The summed E-state index contributed by atoms with van der Waals surface area (Å²) in [6.07, 6.45) is 1.27. The van der Waals surface area contributed by atoms with E-state index in [9.17, 15) is 4.79 Å². The summed E-state index contributed by atoms with van der Waals surface area (Å²) in [5, 5.41) is 9.87. The molecule has 6 nitrogen and oxygen atoms in total. The molecule has 0 bridgehead atoms. The molecule has 90 valence electrons. The van der Waals surface area contributed by atoms with Crippen LogP contribution >= 0.6 is 22.9 Å². The first-order valence-electron chi connectivity index (χ1n) is 4.95. The third-order valence-corrected chi connectivity index (χ3v) is 3.37. The summed E-state index contributed by atoms with van der Waals surface area (Å²) < 4.78 is 0.912. The van der Waals surface area contributed by atoms with E-state index in [-0.39, 0.29) is 11.7 Å². The minimum atomic E-state index is -0.377. The summed E-state index contributed by atoms with van der Waals surface area (Å²) in [4.78, 5) is 19.7. The molecule has 0 radical (unpaired) electrons. The zero-order valence-electron chi connectivity index (χ0n) is 8.85. The second-order valence-corrected chi connectivity index (χ2v) is 4.89. The number of hydrogen-bond acceptors (Lipinski definition) is 5. The average Bonchev–Trinajstić information content (AvgIpc) is 2.95. The number of carbonyl (C=O) groups excluding carboxylic acids is 1. The summed E-state index contributed by atoms with van der Waals surface area (Å²) in [7, 11) is 0. The van der Waals surface area contributed by atoms with Gasteiger partial charge < -0.3 is 0 Å². The van der Waals surface area contributed by atoms with Crippen LogP contribution < -0.4 is 5.32 Å². The zero-order valence-corrected chi connectivity index (χ0v) is 10.4. The summed E-state index contributed by atoms with van der Waals surface area (Å²) in [6.45, 7) is 0. The van der Waals surface area contributed by atoms with Crippen molar-refractivity contribution in [3.8, 4) is 0 Å². The van der Waals surface area contributed by atoms with E-state index in [1.54, 1.807) is 18.2 Å². The van der Waals surface area contributed by atoms with Gasteiger partial charge in [-0.15, -0.1) is 0 Å². The number of carbonyl (C=O) groups is 1. The Bertz CT molecular complexity index is 708. The van der Waals surface area contributed by atoms with Crippen LogP contribution in [0.2, 0.25) is 5.02 Å². The molecule has 0 aliphatic rings. The molecule has 0 aliphatic carbocycles. The predicted molar refractivity (Wildman–Crippen MR) is 69.0 cm³/mol. The smallest absolute Gasteiger partial charge is 0.294 e. The van der Waals surface area contributed by atoms with Gasteiger partial charge in [0, 0.05) is 5.02 Å². The molecule has 0 unspecified atom stereocenters. The van der Waals surface area contributed by atoms with Crippen LogP contribution in [-0.4, -0.2) is 26.1 Å². The van der Waals surface area contributed by atoms with E-state index < -0.39 is 0 Å². The number of aromatic nitrogens is 4. The number of amides is 1. The maximum Gasteiger partial charge on any atom is 0.294 e. The number of aromatic amines is 1. The Balaban J connectivity index is 1.89. The van der Waals surface area contributed by atoms with Crippen molar-refractivity contribution in [3.63, 3.8) is 0 Å². The molecule has 0 saturated heterocycles. The Morgan fingerprint density at radius 2 is 2.33 bits per heavy atom. The quantitative estimate of drug-likeness (QED) is 0.754. The lowest BCUT2D eigenvalue weighted by Crippen LogP contribution is -2.13. The van der Waals surface area contributed by atoms with E-state index in [0.29, 0.717) is 10.2 Å². The highest BCUT2D eigenvalue weighted by atomic mass is 35.5. The second-order valence-electron chi connectivity index (χ2n) is 3.42. The lowest BCUT2D eigenvalue weighted by atomic mass is 10.3. The molecule has 0 atom stereocenters. The normalized spacial score (nSPS) is 10.7. The Morgan fingerprint density at radius 3 is 3.11 bits per heavy atom. The molecule has 3 aromatic rings. The average molecular weight is 280 g/mol. The van der Waals surface area contributed by atoms with Gasteiger partial charge >= 0.3 is 0 Å². The molecule has 2 aromatic heterocycles. The standard InChI is InChI=1S/C10H6ClN5OS/c11-5-1-2-6-7(3-5)18-10(14-6)15-9(17)8-12-4-13-16-8/h1-4H,(H,12,13,16)(H,14,15,17). The van der Waals surface area contributed by atoms with Gasteiger partial charge in [0.25, 0.3) is 5.91 Å². The van der Waals surface area contributed by atoms with Crippen molar-refractivity contribution in [1.29, 1.82) is 0 Å². The summed E-state index contributed by atoms with van der Waals surface area (Å²) in [6, 6.07) is 5.36. The van der Waals surface area contributed by atoms with E-state index in [4.69, 9.17) is 11.6 Å². The number of benzene rings is 1. The van der Waals surface area contributed by atoms with Crippen molar-refractivity contribution < 1.29 is 4.79 Å². The summed E-state index contributed by atoms with van der Waals surface area (Å²) >= 11 is 7.23. The highest BCUT2D eigenvalue weighted by Gasteiger charge is 2.12. The summed E-state index contributed by atoms with van der Waals surface area (Å²) in [5.41, 5.74) is 0.789. The van der Waals surface area contributed by atoms with Gasteiger partial charge in [0.2, 0.25) is 5.82 Å². The van der Waals surface area contributed by atoms with Crippen LogP contribution in [0.5, 0.6) is 0 Å². The van der Waals surface area contributed by atoms with Crippen LogP contribution in [0.15, 0.2) is 24.5 Å². The van der Waals surface area contributed by atoms with Crippen LogP contribution in [0, 0.1) is 0 Å². The number of thiazole rings is 1. The van der Waals surface area contributed by atoms with Crippen molar-refractivity contribution in [3.05, 3.63) is 35.4 Å². The van der Waals surface area contributed by atoms with E-state index in [2.05, 4.69) is 25.5 Å². The number of halogens is 1. The first-order chi connectivity index (χ1) is 8.72. The van der Waals surface area contributed by atoms with Crippen molar-refractivity contribution in [2.24, 2.45) is 0 Å². The second kappa shape index (κ2) is 4.35. The zero-order chi connectivity index (χ0) is 12.5. The van der Waals surface area contributed by atoms with Gasteiger partial charge in [-0.2, -0.15) is 5.10 Å². The van der Waals surface area contributed by atoms with Gasteiger partial charge in [0.15, 0.2) is 5.13 Å². The molecular formula is C10H6ClN5OS. The lowest BCUT2D eigenvalue weighted by molar-refractivity contribution is 0.101. The lowest BCUT2D eigenvalue weighted by Gasteiger charge is -1.95. The van der Waals surface area contributed by atoms with Crippen LogP contribution in [0.4, 0.5) is 5.13 Å². The van der Waals surface area contributed by atoms with Crippen molar-refractivity contribution >= 4 is 44.2 Å². The van der Waals surface area contributed by atoms with Gasteiger partial charge in [-0.25, -0.2) is 9.97 Å². The van der Waals surface area contributed by atoms with Crippen LogP contribution in [0.1, 0.15) is 10.6 Å². The monoisotopic (exact) mass is 279 g/mol. The molecule has 0 aliphatic heterocycles. The molecule has 1 amide bonds. The Morgan fingerprint density at radius 1 is 1.44 bits per heavy atom. The van der Waals surface area contributed by atoms with Gasteiger partial charge in [-0.3, -0.25) is 15.2 Å². The van der Waals surface area contributed by atoms with Crippen LogP contribution in [0.3, 0.4) is 0 Å². The Hall–Kier alpha value is -1.99. The number of rotatable bonds is 2. The largest absolute Gasteiger partial charge is 0.295 e. The van der Waals surface area contributed by atoms with Gasteiger partial charge in [-0.05, 0) is 18.2 Å². The topological polar surface area (TPSA) is 83.6 Å². The fourth-order valence-electron chi connectivity index (χ4n) is 1.42. The maximum atomic E-state index is 11.7. The van der Waals surface area contributed by atoms with E-state index in [0.717, 1.165) is 10.2 Å². The van der Waals surface area contributed by atoms with Crippen molar-refractivity contribution in [2.45, 2.75) is 0 Å². The minimum Gasteiger partial charge on any atom is -0.295 e. The number of nitrogens with one attached hydrogen (secondary N) is 2. The van der Waals surface area contributed by atoms with E-state index >= 15 is 0 Å². The molecule has 0 spiro atoms. The molecule has 3 rings (SSSR count). The van der Waals surface area contributed by atoms with Crippen LogP contribution in [0.25, 0.3) is 10.2 Å². The fourth-order valence-corrected chi connectivity index (χ4v) is 2.56. The van der Waals surface area contributed by atoms with Crippen molar-refractivity contribution in [2.75, 3.05) is 5.32 Å². The number of nitrogens with zero attached hydrogens (tertiary/aromatic N) is 3. The Kier molecular flexibility index (Phi) is 2.69. The van der Waals surface area contributed by atoms with E-state index in [1.807, 2.05) is 0 Å². The first kappa shape index (κ1) is 11.1. The molecular weight excluding hydrogens is 274 g/mol. The number of anilines is 1. The van der Waals surface area contributed by atoms with Gasteiger partial charge in [0.05, 0.1) is 10.2 Å². The fraction of sp³-hybridized carbons (Fsp3) is 0. The summed E-state index contributed by atoms with van der Waals surface area (Å²) in [5.74, 6) is -0.232. The third kappa shape index (κ3) is 2.05. The number of hydrogen-bond donors (Lipinski definition) is 2. The number of H-pyrrole nitrogens is 1. The predicted octanol–water partition coefficient (Wildman–Crippen LogP) is 2.32. The first-order valence-corrected chi connectivity index (χ1v) is 6.14. The van der Waals surface area contributed by atoms with Crippen LogP contribution in [-0.2, 0) is 0 Å². The minimum absolute atomic E-state index is 0.146. The Labute approximate surface area is 110 Å². The maximum absolute atomic E-state index is 11.7. The number of fused-ring (bicyclic) bond motifs is 1. The molecule has 1 aromatic carbocycles. The molecule has 8 heteroatoms. The SMILES string of the molecule is O=C(Nc1nc2ccc(Cl)cc2s1)c1ncn[nH]1. The van der Waals surface area contributed by atoms with Gasteiger partial charge in [0.1, 0.15) is 6.33 Å². The highest BCUT2D eigenvalue weighted by Crippen LogP contribution is 2.28. The molecule has 0 fully saturated rings. The van der Waals surface area contributed by atoms with Gasteiger partial charge in [-0.1, -0.05) is 22.9 Å². The van der Waals surface area contributed by atoms with E-state index in [1.165, 1.54) is 17.7 Å². The third-order valence-electron chi connectivity index (χ3n) is 2.20. The van der Waals surface area contributed by atoms with Crippen molar-refractivity contribution in [1.82, 2.24) is 20.2 Å². The molecule has 0 saturated carbocycles. The molecule has 2 N–H and O–H groups in total. The highest BCUT2D eigenvalue weighted by molar-refractivity contribution is 7.22. The molecule has 18 heavy (non-hydrogen) atoms. The molecule has 2 heterocycles.